The smallest absolute Gasteiger partial charge is 0.238 e. The Hall–Kier alpha value is -2.74. The highest BCUT2D eigenvalue weighted by Crippen LogP contribution is 2.38. The summed E-state index contributed by atoms with van der Waals surface area (Å²) in [6, 6.07) is 20.9. The van der Waals surface area contributed by atoms with E-state index in [9.17, 15) is 13.2 Å². The van der Waals surface area contributed by atoms with E-state index in [0.717, 1.165) is 23.1 Å². The number of carbonyl (C=O) groups excluding carboxylic acids is 1. The molecular weight excluding hydrogens is 464 g/mol. The number of hydrogen-bond donors (Lipinski definition) is 0. The van der Waals surface area contributed by atoms with Crippen molar-refractivity contribution in [3.8, 4) is 0 Å². The van der Waals surface area contributed by atoms with E-state index in [1.807, 2.05) is 79.4 Å². The van der Waals surface area contributed by atoms with Crippen LogP contribution in [0.3, 0.4) is 0 Å². The zero-order valence-corrected chi connectivity index (χ0v) is 21.1. The van der Waals surface area contributed by atoms with E-state index in [0.29, 0.717) is 13.0 Å². The lowest BCUT2D eigenvalue weighted by molar-refractivity contribution is -0.133. The molecule has 2 aromatic carbocycles. The van der Waals surface area contributed by atoms with Crippen LogP contribution in [0.2, 0.25) is 0 Å². The predicted octanol–water partition coefficient (Wildman–Crippen LogP) is 5.32. The van der Waals surface area contributed by atoms with E-state index < -0.39 is 10.0 Å². The fraction of sp³-hybridized carbons (Fsp3) is 0.296. The molecule has 2 heterocycles. The van der Waals surface area contributed by atoms with Crippen molar-refractivity contribution in [2.24, 2.45) is 0 Å². The molecule has 0 bridgehead atoms. The standard InChI is InChI=1S/C27H30N2O3S2/c1-3-21(2)29(34(31,32)19-16-22-10-6-4-7-11-22)20-26(30)28-17-14-25-24(15-18-33-25)27(28)23-12-8-5-9-13-23/h4-13,15-16,18-19,21,27H,3,14,17,20H2,1-2H3. The lowest BCUT2D eigenvalue weighted by Gasteiger charge is -2.38. The van der Waals surface area contributed by atoms with Crippen molar-refractivity contribution in [1.82, 2.24) is 9.21 Å². The quantitative estimate of drug-likeness (QED) is 0.426. The van der Waals surface area contributed by atoms with Gasteiger partial charge in [0.15, 0.2) is 0 Å². The van der Waals surface area contributed by atoms with Crippen molar-refractivity contribution in [2.75, 3.05) is 13.1 Å². The van der Waals surface area contributed by atoms with Crippen LogP contribution in [0.1, 0.15) is 47.9 Å². The van der Waals surface area contributed by atoms with Crippen LogP contribution in [-0.4, -0.2) is 42.7 Å². The molecule has 0 fully saturated rings. The van der Waals surface area contributed by atoms with Gasteiger partial charge in [0, 0.05) is 22.9 Å². The van der Waals surface area contributed by atoms with E-state index >= 15 is 0 Å². The van der Waals surface area contributed by atoms with Crippen LogP contribution in [0.5, 0.6) is 0 Å². The van der Waals surface area contributed by atoms with Crippen LogP contribution in [0, 0.1) is 0 Å². The van der Waals surface area contributed by atoms with Gasteiger partial charge in [-0.2, -0.15) is 4.31 Å². The fourth-order valence-electron chi connectivity index (χ4n) is 4.31. The third-order valence-electron chi connectivity index (χ3n) is 6.33. The van der Waals surface area contributed by atoms with Gasteiger partial charge < -0.3 is 4.90 Å². The maximum Gasteiger partial charge on any atom is 0.238 e. The van der Waals surface area contributed by atoms with Crippen molar-refractivity contribution in [2.45, 2.75) is 38.8 Å². The number of nitrogens with zero attached hydrogens (tertiary/aromatic N) is 2. The van der Waals surface area contributed by atoms with Crippen LogP contribution in [-0.2, 0) is 21.2 Å². The van der Waals surface area contributed by atoms with Gasteiger partial charge in [-0.1, -0.05) is 67.6 Å². The summed E-state index contributed by atoms with van der Waals surface area (Å²) in [4.78, 5) is 16.8. The summed E-state index contributed by atoms with van der Waals surface area (Å²) in [6.45, 7) is 4.17. The summed E-state index contributed by atoms with van der Waals surface area (Å²) in [5.41, 5.74) is 2.97. The van der Waals surface area contributed by atoms with Crippen molar-refractivity contribution in [3.63, 3.8) is 0 Å². The van der Waals surface area contributed by atoms with Crippen molar-refractivity contribution < 1.29 is 13.2 Å². The first-order chi connectivity index (χ1) is 16.4. The molecule has 1 amide bonds. The van der Waals surface area contributed by atoms with Crippen molar-refractivity contribution in [1.29, 1.82) is 0 Å². The van der Waals surface area contributed by atoms with Crippen LogP contribution in [0.25, 0.3) is 6.08 Å². The molecule has 0 N–H and O–H groups in total. The first-order valence-corrected chi connectivity index (χ1v) is 13.9. The molecule has 7 heteroatoms. The minimum atomic E-state index is -3.79. The number of benzene rings is 2. The minimum absolute atomic E-state index is 0.178. The van der Waals surface area contributed by atoms with Crippen LogP contribution in [0.15, 0.2) is 77.5 Å². The summed E-state index contributed by atoms with van der Waals surface area (Å²) >= 11 is 1.72. The van der Waals surface area contributed by atoms with E-state index in [-0.39, 0.29) is 24.5 Å². The van der Waals surface area contributed by atoms with Crippen molar-refractivity contribution in [3.05, 3.63) is 99.1 Å². The summed E-state index contributed by atoms with van der Waals surface area (Å²) in [5.74, 6) is -0.178. The Morgan fingerprint density at radius 2 is 1.79 bits per heavy atom. The van der Waals surface area contributed by atoms with Gasteiger partial charge >= 0.3 is 0 Å². The summed E-state index contributed by atoms with van der Waals surface area (Å²) in [7, 11) is -3.79. The lowest BCUT2D eigenvalue weighted by atomic mass is 9.93. The molecule has 34 heavy (non-hydrogen) atoms. The molecule has 1 aliphatic heterocycles. The largest absolute Gasteiger partial charge is 0.330 e. The van der Waals surface area contributed by atoms with E-state index in [1.165, 1.54) is 14.6 Å². The van der Waals surface area contributed by atoms with Gasteiger partial charge in [0.1, 0.15) is 0 Å². The molecule has 0 saturated carbocycles. The van der Waals surface area contributed by atoms with Crippen LogP contribution >= 0.6 is 11.3 Å². The zero-order valence-electron chi connectivity index (χ0n) is 19.5. The second-order valence-corrected chi connectivity index (χ2v) is 11.3. The minimum Gasteiger partial charge on any atom is -0.330 e. The number of hydrogen-bond acceptors (Lipinski definition) is 4. The molecule has 3 aromatic rings. The number of sulfonamides is 1. The summed E-state index contributed by atoms with van der Waals surface area (Å²) in [5, 5.41) is 3.28. The lowest BCUT2D eigenvalue weighted by Crippen LogP contribution is -2.48. The summed E-state index contributed by atoms with van der Waals surface area (Å²) in [6.07, 6.45) is 2.98. The first-order valence-electron chi connectivity index (χ1n) is 11.6. The number of fused-ring (bicyclic) bond motifs is 1. The Morgan fingerprint density at radius 1 is 1.12 bits per heavy atom. The maximum absolute atomic E-state index is 13.7. The number of rotatable bonds is 8. The monoisotopic (exact) mass is 494 g/mol. The molecule has 1 aliphatic rings. The molecule has 5 nitrogen and oxygen atoms in total. The van der Waals surface area contributed by atoms with Crippen molar-refractivity contribution >= 4 is 33.3 Å². The second-order valence-electron chi connectivity index (χ2n) is 8.51. The number of carbonyl (C=O) groups is 1. The zero-order chi connectivity index (χ0) is 24.1. The van der Waals surface area contributed by atoms with Crippen LogP contribution < -0.4 is 0 Å². The third kappa shape index (κ3) is 5.32. The van der Waals surface area contributed by atoms with Gasteiger partial charge in [-0.05, 0) is 54.0 Å². The Bertz CT molecular complexity index is 1240. The van der Waals surface area contributed by atoms with Gasteiger partial charge in [-0.3, -0.25) is 4.79 Å². The molecule has 2 atom stereocenters. The fourth-order valence-corrected chi connectivity index (χ4v) is 6.64. The Kier molecular flexibility index (Phi) is 7.66. The van der Waals surface area contributed by atoms with E-state index in [2.05, 4.69) is 11.4 Å². The van der Waals surface area contributed by atoms with E-state index in [1.54, 1.807) is 17.4 Å². The molecule has 178 valence electrons. The Balaban J connectivity index is 1.62. The van der Waals surface area contributed by atoms with Gasteiger partial charge in [0.2, 0.25) is 15.9 Å². The molecule has 0 aliphatic carbocycles. The Morgan fingerprint density at radius 3 is 2.47 bits per heavy atom. The molecule has 0 spiro atoms. The average Bonchev–Trinajstić information content (AvgIpc) is 3.35. The highest BCUT2D eigenvalue weighted by atomic mass is 32.2. The average molecular weight is 495 g/mol. The van der Waals surface area contributed by atoms with E-state index in [4.69, 9.17) is 0 Å². The maximum atomic E-state index is 13.7. The van der Waals surface area contributed by atoms with Crippen LogP contribution in [0.4, 0.5) is 0 Å². The Labute approximate surface area is 206 Å². The van der Waals surface area contributed by atoms with Gasteiger partial charge in [0.25, 0.3) is 0 Å². The normalized spacial score (nSPS) is 17.1. The number of amides is 1. The highest BCUT2D eigenvalue weighted by Gasteiger charge is 2.35. The predicted molar refractivity (Wildman–Crippen MR) is 139 cm³/mol. The van der Waals surface area contributed by atoms with Gasteiger partial charge in [-0.15, -0.1) is 11.3 Å². The molecule has 0 radical (unpaired) electrons. The SMILES string of the molecule is CCC(C)N(CC(=O)N1CCc2sccc2C1c1ccccc1)S(=O)(=O)C=Cc1ccccc1. The topological polar surface area (TPSA) is 57.7 Å². The highest BCUT2D eigenvalue weighted by molar-refractivity contribution is 7.92. The summed E-state index contributed by atoms with van der Waals surface area (Å²) < 4.78 is 27.9. The molecule has 0 saturated heterocycles. The molecule has 2 unspecified atom stereocenters. The van der Waals surface area contributed by atoms with Gasteiger partial charge in [0.05, 0.1) is 12.6 Å². The molecule has 4 rings (SSSR count). The molecule has 1 aromatic heterocycles. The number of thiophene rings is 1. The van der Waals surface area contributed by atoms with Gasteiger partial charge in [-0.25, -0.2) is 8.42 Å². The molecular formula is C27H30N2O3S2. The first kappa shape index (κ1) is 24.4. The second kappa shape index (κ2) is 10.7. The third-order valence-corrected chi connectivity index (χ3v) is 8.95.